The van der Waals surface area contributed by atoms with Gasteiger partial charge in [-0.3, -0.25) is 0 Å². The lowest BCUT2D eigenvalue weighted by Crippen LogP contribution is -2.42. The van der Waals surface area contributed by atoms with Gasteiger partial charge in [0, 0.05) is 18.2 Å². The van der Waals surface area contributed by atoms with Crippen LogP contribution in [-0.4, -0.2) is 25.3 Å². The van der Waals surface area contributed by atoms with Crippen LogP contribution in [0.2, 0.25) is 0 Å². The molecule has 22 heavy (non-hydrogen) atoms. The number of nitrogens with zero attached hydrogens (tertiary/aromatic N) is 1. The molecule has 0 N–H and O–H groups in total. The summed E-state index contributed by atoms with van der Waals surface area (Å²) in [6.07, 6.45) is 2.98. The Labute approximate surface area is 132 Å². The Hall–Kier alpha value is -1.65. The van der Waals surface area contributed by atoms with Crippen LogP contribution in [0.15, 0.2) is 59.5 Å². The molecule has 2 aromatic rings. The van der Waals surface area contributed by atoms with Crippen LogP contribution < -0.4 is 0 Å². The Morgan fingerprint density at radius 1 is 0.955 bits per heavy atom. The average molecular weight is 315 g/mol. The molecule has 0 aliphatic carbocycles. The van der Waals surface area contributed by atoms with E-state index in [1.54, 1.807) is 16.4 Å². The molecule has 3 nitrogen and oxygen atoms in total. The maximum Gasteiger partial charge on any atom is 0.243 e. The first-order valence-corrected chi connectivity index (χ1v) is 9.21. The highest BCUT2D eigenvalue weighted by Gasteiger charge is 2.32. The van der Waals surface area contributed by atoms with E-state index in [9.17, 15) is 8.42 Å². The number of piperidine rings is 1. The molecule has 0 aromatic heterocycles. The number of rotatable bonds is 3. The molecule has 2 aromatic carbocycles. The van der Waals surface area contributed by atoms with Crippen molar-refractivity contribution < 1.29 is 8.42 Å². The van der Waals surface area contributed by atoms with Crippen LogP contribution >= 0.6 is 0 Å². The number of sulfonamides is 1. The average Bonchev–Trinajstić information content (AvgIpc) is 2.56. The highest BCUT2D eigenvalue weighted by Crippen LogP contribution is 2.32. The molecule has 1 aliphatic heterocycles. The van der Waals surface area contributed by atoms with Crippen LogP contribution in [0.25, 0.3) is 11.1 Å². The first kappa shape index (κ1) is 15.3. The minimum atomic E-state index is -3.46. The maximum atomic E-state index is 13.1. The van der Waals surface area contributed by atoms with E-state index in [2.05, 4.69) is 0 Å². The summed E-state index contributed by atoms with van der Waals surface area (Å²) in [7, 11) is -3.46. The lowest BCUT2D eigenvalue weighted by molar-refractivity contribution is 0.269. The second kappa shape index (κ2) is 6.23. The summed E-state index contributed by atoms with van der Waals surface area (Å²) in [5, 5.41) is 0. The Morgan fingerprint density at radius 2 is 1.64 bits per heavy atom. The van der Waals surface area contributed by atoms with E-state index < -0.39 is 10.0 Å². The fourth-order valence-corrected chi connectivity index (χ4v) is 5.02. The van der Waals surface area contributed by atoms with Crippen LogP contribution in [0.4, 0.5) is 0 Å². The van der Waals surface area contributed by atoms with Crippen molar-refractivity contribution in [3.8, 4) is 11.1 Å². The monoisotopic (exact) mass is 315 g/mol. The highest BCUT2D eigenvalue weighted by atomic mass is 32.2. The van der Waals surface area contributed by atoms with Crippen molar-refractivity contribution in [1.29, 1.82) is 0 Å². The van der Waals surface area contributed by atoms with E-state index >= 15 is 0 Å². The van der Waals surface area contributed by atoms with Crippen LogP contribution in [0.3, 0.4) is 0 Å². The van der Waals surface area contributed by atoms with Crippen molar-refractivity contribution in [2.24, 2.45) is 0 Å². The lowest BCUT2D eigenvalue weighted by Gasteiger charge is -2.32. The van der Waals surface area contributed by atoms with Gasteiger partial charge >= 0.3 is 0 Å². The minimum absolute atomic E-state index is 0.0718. The van der Waals surface area contributed by atoms with Gasteiger partial charge in [0.2, 0.25) is 10.0 Å². The second-order valence-electron chi connectivity index (χ2n) is 5.82. The van der Waals surface area contributed by atoms with Gasteiger partial charge in [-0.2, -0.15) is 4.31 Å². The summed E-state index contributed by atoms with van der Waals surface area (Å²) >= 11 is 0. The van der Waals surface area contributed by atoms with Crippen molar-refractivity contribution in [1.82, 2.24) is 4.31 Å². The smallest absolute Gasteiger partial charge is 0.207 e. The third kappa shape index (κ3) is 2.81. The zero-order valence-electron chi connectivity index (χ0n) is 12.8. The van der Waals surface area contributed by atoms with Crippen molar-refractivity contribution >= 4 is 10.0 Å². The van der Waals surface area contributed by atoms with E-state index in [0.29, 0.717) is 11.4 Å². The number of benzene rings is 2. The van der Waals surface area contributed by atoms with Crippen molar-refractivity contribution in [3.05, 3.63) is 54.6 Å². The SMILES string of the molecule is CC1CCCCN1S(=O)(=O)c1ccccc1-c1ccccc1. The summed E-state index contributed by atoms with van der Waals surface area (Å²) in [6, 6.07) is 17.1. The molecule has 0 spiro atoms. The van der Waals surface area contributed by atoms with E-state index in [1.165, 1.54) is 0 Å². The van der Waals surface area contributed by atoms with Crippen LogP contribution in [0.1, 0.15) is 26.2 Å². The van der Waals surface area contributed by atoms with Crippen molar-refractivity contribution in [2.45, 2.75) is 37.1 Å². The molecule has 1 aliphatic rings. The third-order valence-electron chi connectivity index (χ3n) is 4.30. The fraction of sp³-hybridized carbons (Fsp3) is 0.333. The van der Waals surface area contributed by atoms with Crippen molar-refractivity contribution in [2.75, 3.05) is 6.54 Å². The van der Waals surface area contributed by atoms with Crippen LogP contribution in [0, 0.1) is 0 Å². The lowest BCUT2D eigenvalue weighted by atomic mass is 10.1. The molecule has 0 bridgehead atoms. The van der Waals surface area contributed by atoms with Gasteiger partial charge in [0.1, 0.15) is 0 Å². The second-order valence-corrected chi connectivity index (χ2v) is 7.68. The largest absolute Gasteiger partial charge is 0.243 e. The minimum Gasteiger partial charge on any atom is -0.207 e. The Kier molecular flexibility index (Phi) is 4.32. The van der Waals surface area contributed by atoms with E-state index in [1.807, 2.05) is 49.4 Å². The molecule has 1 unspecified atom stereocenters. The standard InChI is InChI=1S/C18H21NO2S/c1-15-9-7-8-14-19(15)22(20,21)18-13-6-5-12-17(18)16-10-3-2-4-11-16/h2-6,10-13,15H,7-9,14H2,1H3. The Balaban J connectivity index is 2.08. The van der Waals surface area contributed by atoms with E-state index in [-0.39, 0.29) is 6.04 Å². The number of hydrogen-bond donors (Lipinski definition) is 0. The molecule has 0 radical (unpaired) electrons. The predicted molar refractivity (Wildman–Crippen MR) is 89.1 cm³/mol. The summed E-state index contributed by atoms with van der Waals surface area (Å²) < 4.78 is 27.9. The zero-order valence-corrected chi connectivity index (χ0v) is 13.6. The molecule has 1 saturated heterocycles. The molecule has 1 atom stereocenters. The molecule has 1 heterocycles. The Bertz CT molecular complexity index is 741. The van der Waals surface area contributed by atoms with E-state index in [0.717, 1.165) is 30.4 Å². The molecular formula is C18H21NO2S. The van der Waals surface area contributed by atoms with Gasteiger partial charge in [-0.05, 0) is 31.4 Å². The van der Waals surface area contributed by atoms with Crippen LogP contribution in [0.5, 0.6) is 0 Å². The van der Waals surface area contributed by atoms with Gasteiger partial charge in [-0.25, -0.2) is 8.42 Å². The summed E-state index contributed by atoms with van der Waals surface area (Å²) in [4.78, 5) is 0.412. The Morgan fingerprint density at radius 3 is 2.36 bits per heavy atom. The molecule has 1 fully saturated rings. The third-order valence-corrected chi connectivity index (χ3v) is 6.37. The molecule has 3 rings (SSSR count). The van der Waals surface area contributed by atoms with Gasteiger partial charge in [0.25, 0.3) is 0 Å². The summed E-state index contributed by atoms with van der Waals surface area (Å²) in [6.45, 7) is 2.62. The quantitative estimate of drug-likeness (QED) is 0.861. The molecule has 0 amide bonds. The summed E-state index contributed by atoms with van der Waals surface area (Å²) in [5.41, 5.74) is 1.72. The zero-order chi connectivity index (χ0) is 15.6. The van der Waals surface area contributed by atoms with E-state index in [4.69, 9.17) is 0 Å². The number of hydrogen-bond acceptors (Lipinski definition) is 2. The van der Waals surface area contributed by atoms with Gasteiger partial charge in [-0.1, -0.05) is 55.0 Å². The fourth-order valence-electron chi connectivity index (χ4n) is 3.10. The van der Waals surface area contributed by atoms with Gasteiger partial charge < -0.3 is 0 Å². The first-order chi connectivity index (χ1) is 10.6. The predicted octanol–water partition coefficient (Wildman–Crippen LogP) is 3.92. The maximum absolute atomic E-state index is 13.1. The van der Waals surface area contributed by atoms with Gasteiger partial charge in [-0.15, -0.1) is 0 Å². The molecule has 116 valence electrons. The van der Waals surface area contributed by atoms with Gasteiger partial charge in [0.05, 0.1) is 4.90 Å². The summed E-state index contributed by atoms with van der Waals surface area (Å²) in [5.74, 6) is 0. The molecule has 0 saturated carbocycles. The van der Waals surface area contributed by atoms with Gasteiger partial charge in [0.15, 0.2) is 0 Å². The topological polar surface area (TPSA) is 37.4 Å². The highest BCUT2D eigenvalue weighted by molar-refractivity contribution is 7.89. The first-order valence-electron chi connectivity index (χ1n) is 7.77. The normalized spacial score (nSPS) is 20.0. The molecule has 4 heteroatoms. The van der Waals surface area contributed by atoms with Crippen molar-refractivity contribution in [3.63, 3.8) is 0 Å². The van der Waals surface area contributed by atoms with Crippen LogP contribution in [-0.2, 0) is 10.0 Å². The molecular weight excluding hydrogens is 294 g/mol.